The van der Waals surface area contributed by atoms with Crippen LogP contribution in [0.3, 0.4) is 0 Å². The number of carbonyl (C=O) groups is 2. The monoisotopic (exact) mass is 361 g/mol. The lowest BCUT2D eigenvalue weighted by atomic mass is 10.0. The second-order valence-corrected chi connectivity index (χ2v) is 8.65. The molecule has 0 bridgehead atoms. The maximum Gasteiger partial charge on any atom is 0.330 e. The van der Waals surface area contributed by atoms with E-state index in [-0.39, 0.29) is 23.8 Å². The van der Waals surface area contributed by atoms with Gasteiger partial charge in [-0.25, -0.2) is 13.2 Å². The second kappa shape index (κ2) is 6.84. The zero-order chi connectivity index (χ0) is 18.0. The second-order valence-electron chi connectivity index (χ2n) is 6.42. The van der Waals surface area contributed by atoms with Gasteiger partial charge in [-0.15, -0.1) is 0 Å². The molecule has 1 fully saturated rings. The van der Waals surface area contributed by atoms with Crippen molar-refractivity contribution < 1.29 is 23.1 Å². The highest BCUT2D eigenvalue weighted by molar-refractivity contribution is 7.91. The van der Waals surface area contributed by atoms with Gasteiger partial charge in [-0.1, -0.05) is 36.4 Å². The molecule has 25 heavy (non-hydrogen) atoms. The maximum atomic E-state index is 12.2. The van der Waals surface area contributed by atoms with Crippen LogP contribution in [-0.2, 0) is 19.4 Å². The number of nitrogens with one attached hydrogen (secondary N) is 1. The normalized spacial score (nSPS) is 20.2. The Balaban J connectivity index is 1.74. The Labute approximate surface area is 145 Å². The predicted molar refractivity (Wildman–Crippen MR) is 93.8 cm³/mol. The number of rotatable bonds is 5. The number of carboxylic acid groups (broad SMARTS) is 1. The largest absolute Gasteiger partial charge is 0.479 e. The van der Waals surface area contributed by atoms with E-state index >= 15 is 0 Å². The predicted octanol–water partition coefficient (Wildman–Crippen LogP) is 1.91. The fraction of sp³-hybridized carbons (Fsp3) is 0.333. The van der Waals surface area contributed by atoms with Crippen molar-refractivity contribution in [1.82, 2.24) is 5.32 Å². The highest BCUT2D eigenvalue weighted by Gasteiger charge is 2.31. The van der Waals surface area contributed by atoms with Crippen LogP contribution >= 0.6 is 0 Å². The summed E-state index contributed by atoms with van der Waals surface area (Å²) in [4.78, 5) is 23.8. The standard InChI is InChI=1S/C18H19NO5S/c20-16(9-12-7-8-25(23,24)11-12)19-17(18(21)22)15-6-5-13-3-1-2-4-14(13)10-15/h1-6,10,12,17H,7-9,11H2,(H,19,20)(H,21,22). The summed E-state index contributed by atoms with van der Waals surface area (Å²) in [6, 6.07) is 11.6. The molecule has 3 rings (SSSR count). The van der Waals surface area contributed by atoms with Gasteiger partial charge < -0.3 is 10.4 Å². The molecule has 2 atom stereocenters. The first kappa shape index (κ1) is 17.4. The Kier molecular flexibility index (Phi) is 4.76. The summed E-state index contributed by atoms with van der Waals surface area (Å²) in [6.45, 7) is 0. The summed E-state index contributed by atoms with van der Waals surface area (Å²) in [5.74, 6) is -1.74. The minimum atomic E-state index is -3.06. The summed E-state index contributed by atoms with van der Waals surface area (Å²) in [6.07, 6.45) is 0.472. The minimum absolute atomic E-state index is 0.00582. The molecule has 7 heteroatoms. The summed E-state index contributed by atoms with van der Waals surface area (Å²) in [5.41, 5.74) is 0.485. The van der Waals surface area contributed by atoms with Gasteiger partial charge in [0.1, 0.15) is 0 Å². The van der Waals surface area contributed by atoms with E-state index in [4.69, 9.17) is 0 Å². The van der Waals surface area contributed by atoms with Gasteiger partial charge in [0.2, 0.25) is 5.91 Å². The maximum absolute atomic E-state index is 12.2. The fourth-order valence-corrected chi connectivity index (χ4v) is 5.05. The zero-order valence-corrected chi connectivity index (χ0v) is 14.3. The molecule has 0 aliphatic carbocycles. The van der Waals surface area contributed by atoms with Gasteiger partial charge in [-0.3, -0.25) is 4.79 Å². The Morgan fingerprint density at radius 1 is 1.16 bits per heavy atom. The third kappa shape index (κ3) is 4.17. The molecule has 1 saturated heterocycles. The first-order valence-corrected chi connectivity index (χ1v) is 9.87. The molecule has 0 spiro atoms. The number of hydrogen-bond acceptors (Lipinski definition) is 4. The van der Waals surface area contributed by atoms with Crippen molar-refractivity contribution in [2.45, 2.75) is 18.9 Å². The smallest absolute Gasteiger partial charge is 0.330 e. The SMILES string of the molecule is O=C(CC1CCS(=O)(=O)C1)NC(C(=O)O)c1ccc2ccccc2c1. The fourth-order valence-electron chi connectivity index (χ4n) is 3.19. The van der Waals surface area contributed by atoms with E-state index in [0.717, 1.165) is 10.8 Å². The highest BCUT2D eigenvalue weighted by Crippen LogP contribution is 2.24. The molecule has 0 radical (unpaired) electrons. The number of fused-ring (bicyclic) bond motifs is 1. The number of amides is 1. The Morgan fingerprint density at radius 2 is 1.88 bits per heavy atom. The van der Waals surface area contributed by atoms with E-state index in [1.54, 1.807) is 12.1 Å². The van der Waals surface area contributed by atoms with Crippen molar-refractivity contribution in [3.63, 3.8) is 0 Å². The lowest BCUT2D eigenvalue weighted by molar-refractivity contribution is -0.142. The zero-order valence-electron chi connectivity index (χ0n) is 13.5. The van der Waals surface area contributed by atoms with Gasteiger partial charge in [-0.2, -0.15) is 0 Å². The topological polar surface area (TPSA) is 101 Å². The molecular weight excluding hydrogens is 342 g/mol. The van der Waals surface area contributed by atoms with Crippen LogP contribution in [0.1, 0.15) is 24.4 Å². The molecule has 2 aromatic carbocycles. The molecule has 2 aromatic rings. The molecule has 132 valence electrons. The number of aliphatic carboxylic acids is 1. The molecule has 1 aliphatic heterocycles. The van der Waals surface area contributed by atoms with E-state index in [0.29, 0.717) is 12.0 Å². The Bertz CT molecular complexity index is 922. The third-order valence-electron chi connectivity index (χ3n) is 4.46. The van der Waals surface area contributed by atoms with Crippen molar-refractivity contribution in [2.24, 2.45) is 5.92 Å². The van der Waals surface area contributed by atoms with E-state index in [2.05, 4.69) is 5.32 Å². The molecule has 6 nitrogen and oxygen atoms in total. The number of carbonyl (C=O) groups excluding carboxylic acids is 1. The van der Waals surface area contributed by atoms with Crippen molar-refractivity contribution in [3.8, 4) is 0 Å². The van der Waals surface area contributed by atoms with Crippen LogP contribution in [0.25, 0.3) is 10.8 Å². The van der Waals surface area contributed by atoms with Gasteiger partial charge in [0.25, 0.3) is 0 Å². The number of carboxylic acids is 1. The molecule has 1 amide bonds. The lowest BCUT2D eigenvalue weighted by Crippen LogP contribution is -2.34. The van der Waals surface area contributed by atoms with Crippen LogP contribution < -0.4 is 5.32 Å². The Hall–Kier alpha value is -2.41. The average Bonchev–Trinajstić information content (AvgIpc) is 2.90. The van der Waals surface area contributed by atoms with Gasteiger partial charge in [0.15, 0.2) is 15.9 Å². The minimum Gasteiger partial charge on any atom is -0.479 e. The van der Waals surface area contributed by atoms with E-state index in [9.17, 15) is 23.1 Å². The van der Waals surface area contributed by atoms with Crippen LogP contribution in [0.5, 0.6) is 0 Å². The van der Waals surface area contributed by atoms with E-state index < -0.39 is 27.8 Å². The molecule has 2 unspecified atom stereocenters. The third-order valence-corrected chi connectivity index (χ3v) is 6.30. The highest BCUT2D eigenvalue weighted by atomic mass is 32.2. The van der Waals surface area contributed by atoms with E-state index in [1.807, 2.05) is 30.3 Å². The molecule has 1 heterocycles. The van der Waals surface area contributed by atoms with Gasteiger partial charge in [0, 0.05) is 6.42 Å². The van der Waals surface area contributed by atoms with Crippen molar-refractivity contribution in [3.05, 3.63) is 48.0 Å². The summed E-state index contributed by atoms with van der Waals surface area (Å²) in [7, 11) is -3.06. The summed E-state index contributed by atoms with van der Waals surface area (Å²) < 4.78 is 22.9. The van der Waals surface area contributed by atoms with Gasteiger partial charge in [-0.05, 0) is 34.7 Å². The average molecular weight is 361 g/mol. The Morgan fingerprint density at radius 3 is 2.52 bits per heavy atom. The first-order valence-electron chi connectivity index (χ1n) is 8.05. The number of hydrogen-bond donors (Lipinski definition) is 2. The summed E-state index contributed by atoms with van der Waals surface area (Å²) >= 11 is 0. The van der Waals surface area contributed by atoms with Crippen molar-refractivity contribution >= 4 is 32.5 Å². The van der Waals surface area contributed by atoms with Crippen molar-refractivity contribution in [1.29, 1.82) is 0 Å². The van der Waals surface area contributed by atoms with Crippen LogP contribution in [0.2, 0.25) is 0 Å². The molecular formula is C18H19NO5S. The van der Waals surface area contributed by atoms with Crippen LogP contribution in [0.15, 0.2) is 42.5 Å². The number of sulfone groups is 1. The first-order chi connectivity index (χ1) is 11.8. The van der Waals surface area contributed by atoms with Gasteiger partial charge >= 0.3 is 5.97 Å². The van der Waals surface area contributed by atoms with Crippen molar-refractivity contribution in [2.75, 3.05) is 11.5 Å². The number of benzene rings is 2. The summed E-state index contributed by atoms with van der Waals surface area (Å²) in [5, 5.41) is 13.9. The quantitative estimate of drug-likeness (QED) is 0.847. The van der Waals surface area contributed by atoms with Crippen LogP contribution in [0.4, 0.5) is 0 Å². The van der Waals surface area contributed by atoms with Gasteiger partial charge in [0.05, 0.1) is 11.5 Å². The van der Waals surface area contributed by atoms with Crippen LogP contribution in [0, 0.1) is 5.92 Å². The molecule has 2 N–H and O–H groups in total. The molecule has 1 aliphatic rings. The molecule has 0 aromatic heterocycles. The van der Waals surface area contributed by atoms with Crippen LogP contribution in [-0.4, -0.2) is 36.9 Å². The molecule has 0 saturated carbocycles. The van der Waals surface area contributed by atoms with E-state index in [1.165, 1.54) is 0 Å². The lowest BCUT2D eigenvalue weighted by Gasteiger charge is -2.17.